The number of carbonyl (C=O) groups is 2. The number of anilines is 3. The van der Waals surface area contributed by atoms with Gasteiger partial charge in [0.25, 0.3) is 5.56 Å². The van der Waals surface area contributed by atoms with Crippen LogP contribution in [0.15, 0.2) is 53.5 Å². The zero-order valence-corrected chi connectivity index (χ0v) is 23.4. The van der Waals surface area contributed by atoms with Crippen molar-refractivity contribution in [2.75, 3.05) is 16.4 Å². The molecule has 0 atom stereocenters. The number of rotatable bonds is 12. The second-order valence-electron chi connectivity index (χ2n) is 10.4. The maximum atomic E-state index is 13.4. The Labute approximate surface area is 233 Å². The lowest BCUT2D eigenvalue weighted by Gasteiger charge is -2.17. The molecule has 0 aliphatic carbocycles. The van der Waals surface area contributed by atoms with E-state index in [-0.39, 0.29) is 42.6 Å². The van der Waals surface area contributed by atoms with Gasteiger partial charge in [0.1, 0.15) is 12.4 Å². The number of carbonyl (C=O) groups excluding carboxylic acids is 2. The molecule has 2 aromatic carbocycles. The predicted molar refractivity (Wildman–Crippen MR) is 159 cm³/mol. The first-order chi connectivity index (χ1) is 18.9. The number of aromatic nitrogens is 2. The maximum absolute atomic E-state index is 13.4. The number of nitrogens with two attached hydrogens (primary N) is 2. The minimum absolute atomic E-state index is 0.0363. The van der Waals surface area contributed by atoms with E-state index in [9.17, 15) is 14.4 Å². The number of amides is 2. The molecule has 1 aromatic heterocycles. The number of hydrogen-bond donors (Lipinski definition) is 6. The van der Waals surface area contributed by atoms with Gasteiger partial charge in [-0.1, -0.05) is 38.1 Å². The Morgan fingerprint density at radius 1 is 1.05 bits per heavy atom. The van der Waals surface area contributed by atoms with E-state index in [0.29, 0.717) is 40.5 Å². The van der Waals surface area contributed by atoms with Gasteiger partial charge in [-0.15, -0.1) is 0 Å². The van der Waals surface area contributed by atoms with E-state index < -0.39 is 5.56 Å². The fraction of sp³-hybridized carbons (Fsp3) is 0.345. The number of benzene rings is 2. The Hall–Kier alpha value is -4.67. The van der Waals surface area contributed by atoms with Crippen LogP contribution in [0.25, 0.3) is 11.3 Å². The summed E-state index contributed by atoms with van der Waals surface area (Å²) in [5.41, 5.74) is 14.4. The van der Waals surface area contributed by atoms with Crippen molar-refractivity contribution in [2.45, 2.75) is 59.7 Å². The highest BCUT2D eigenvalue weighted by Crippen LogP contribution is 2.26. The van der Waals surface area contributed by atoms with Crippen molar-refractivity contribution in [3.63, 3.8) is 0 Å². The van der Waals surface area contributed by atoms with E-state index in [1.54, 1.807) is 42.5 Å². The Morgan fingerprint density at radius 3 is 2.38 bits per heavy atom. The largest absolute Gasteiger partial charge is 0.399 e. The van der Waals surface area contributed by atoms with E-state index in [4.69, 9.17) is 16.9 Å². The van der Waals surface area contributed by atoms with Gasteiger partial charge in [0, 0.05) is 41.5 Å². The number of nitrogens with one attached hydrogen (secondary N) is 4. The van der Waals surface area contributed by atoms with Gasteiger partial charge in [-0.2, -0.15) is 0 Å². The molecule has 0 radical (unpaired) electrons. The van der Waals surface area contributed by atoms with Gasteiger partial charge in [0.05, 0.1) is 11.9 Å². The van der Waals surface area contributed by atoms with E-state index in [0.717, 1.165) is 12.0 Å². The minimum Gasteiger partial charge on any atom is -0.399 e. The van der Waals surface area contributed by atoms with Crippen molar-refractivity contribution in [3.05, 3.63) is 70.1 Å². The first kappa shape index (κ1) is 29.9. The summed E-state index contributed by atoms with van der Waals surface area (Å²) in [7, 11) is 0. The summed E-state index contributed by atoms with van der Waals surface area (Å²) in [6, 6.07) is 11.9. The van der Waals surface area contributed by atoms with Crippen molar-refractivity contribution >= 4 is 34.8 Å². The first-order valence-corrected chi connectivity index (χ1v) is 13.2. The van der Waals surface area contributed by atoms with E-state index in [1.165, 1.54) is 10.8 Å². The molecule has 0 bridgehead atoms. The lowest BCUT2D eigenvalue weighted by atomic mass is 10.1. The molecule has 212 valence electrons. The molecule has 3 rings (SSSR count). The predicted octanol–water partition coefficient (Wildman–Crippen LogP) is 3.29. The number of nitrogen functional groups attached to an aromatic ring is 2. The second-order valence-corrected chi connectivity index (χ2v) is 10.4. The molecule has 8 N–H and O–H groups in total. The molecule has 0 unspecified atom stereocenters. The first-order valence-electron chi connectivity index (χ1n) is 13.2. The lowest BCUT2D eigenvalue weighted by molar-refractivity contribution is -0.122. The fourth-order valence-corrected chi connectivity index (χ4v) is 3.96. The van der Waals surface area contributed by atoms with Gasteiger partial charge >= 0.3 is 0 Å². The third kappa shape index (κ3) is 8.42. The van der Waals surface area contributed by atoms with Crippen LogP contribution in [0.4, 0.5) is 17.2 Å². The van der Waals surface area contributed by atoms with Crippen LogP contribution in [0, 0.1) is 11.3 Å². The monoisotopic (exact) mass is 546 g/mol. The van der Waals surface area contributed by atoms with Crippen molar-refractivity contribution < 1.29 is 9.59 Å². The van der Waals surface area contributed by atoms with Gasteiger partial charge in [0.15, 0.2) is 5.82 Å². The highest BCUT2D eigenvalue weighted by Gasteiger charge is 2.17. The van der Waals surface area contributed by atoms with Gasteiger partial charge in [0.2, 0.25) is 11.8 Å². The molecule has 0 spiro atoms. The van der Waals surface area contributed by atoms with Crippen molar-refractivity contribution in [1.29, 1.82) is 5.41 Å². The average molecular weight is 547 g/mol. The van der Waals surface area contributed by atoms with E-state index in [1.807, 2.05) is 13.8 Å². The molecule has 3 aromatic rings. The molecule has 11 nitrogen and oxygen atoms in total. The summed E-state index contributed by atoms with van der Waals surface area (Å²) < 4.78 is 1.34. The zero-order valence-electron chi connectivity index (χ0n) is 23.4. The molecule has 0 aliphatic heterocycles. The molecule has 40 heavy (non-hydrogen) atoms. The van der Waals surface area contributed by atoms with Gasteiger partial charge in [-0.3, -0.25) is 24.4 Å². The van der Waals surface area contributed by atoms with E-state index >= 15 is 0 Å². The number of amidine groups is 1. The van der Waals surface area contributed by atoms with E-state index in [2.05, 4.69) is 34.8 Å². The minimum atomic E-state index is -0.461. The molecular formula is C29H38N8O3. The van der Waals surface area contributed by atoms with Crippen LogP contribution >= 0.6 is 0 Å². The van der Waals surface area contributed by atoms with Crippen LogP contribution in [0.5, 0.6) is 0 Å². The third-order valence-corrected chi connectivity index (χ3v) is 6.02. The van der Waals surface area contributed by atoms with Crippen LogP contribution in [-0.2, 0) is 22.7 Å². The highest BCUT2D eigenvalue weighted by atomic mass is 16.2. The number of hydrogen-bond acceptors (Lipinski definition) is 7. The maximum Gasteiger partial charge on any atom is 0.294 e. The van der Waals surface area contributed by atoms with Crippen LogP contribution in [-0.4, -0.2) is 33.2 Å². The molecule has 1 heterocycles. The van der Waals surface area contributed by atoms with Crippen molar-refractivity contribution in [1.82, 2.24) is 14.9 Å². The lowest BCUT2D eigenvalue weighted by Crippen LogP contribution is -2.35. The number of nitrogens with zero attached hydrogens (tertiary/aromatic N) is 2. The summed E-state index contributed by atoms with van der Waals surface area (Å²) in [4.78, 5) is 43.2. The summed E-state index contributed by atoms with van der Waals surface area (Å²) in [5.74, 6) is -0.0326. The molecule has 0 aliphatic rings. The van der Waals surface area contributed by atoms with Gasteiger partial charge in [-0.25, -0.2) is 4.98 Å². The molecule has 2 amide bonds. The summed E-state index contributed by atoms with van der Waals surface area (Å²) in [6.45, 7) is 7.84. The average Bonchev–Trinajstić information content (AvgIpc) is 2.88. The topological polar surface area (TPSA) is 181 Å². The Balaban J connectivity index is 1.89. The molecule has 0 saturated carbocycles. The molecule has 11 heteroatoms. The summed E-state index contributed by atoms with van der Waals surface area (Å²) in [5, 5.41) is 16.2. The van der Waals surface area contributed by atoms with Crippen molar-refractivity contribution in [2.24, 2.45) is 11.7 Å². The Morgan fingerprint density at radius 2 is 1.75 bits per heavy atom. The Kier molecular flexibility index (Phi) is 10.0. The smallest absolute Gasteiger partial charge is 0.294 e. The second kappa shape index (κ2) is 13.4. The fourth-order valence-electron chi connectivity index (χ4n) is 3.96. The SMILES string of the molecule is CC(C)CCC(=O)Nc1cc(N)cc(-c2cnc(NC(C)C)c(=O)n2CC(=O)NCc2ccc(C(=N)N)cc2)c1. The van der Waals surface area contributed by atoms with Gasteiger partial charge < -0.3 is 27.4 Å². The van der Waals surface area contributed by atoms with Crippen LogP contribution in [0.3, 0.4) is 0 Å². The van der Waals surface area contributed by atoms with Crippen LogP contribution in [0.1, 0.15) is 51.7 Å². The van der Waals surface area contributed by atoms with Crippen LogP contribution < -0.4 is 33.0 Å². The van der Waals surface area contributed by atoms with Gasteiger partial charge in [-0.05, 0) is 49.9 Å². The quantitative estimate of drug-likeness (QED) is 0.114. The highest BCUT2D eigenvalue weighted by molar-refractivity contribution is 5.95. The van der Waals surface area contributed by atoms with Crippen LogP contribution in [0.2, 0.25) is 0 Å². The third-order valence-electron chi connectivity index (χ3n) is 6.02. The molecule has 0 saturated heterocycles. The zero-order chi connectivity index (χ0) is 29.4. The normalized spacial score (nSPS) is 10.9. The molecule has 0 fully saturated rings. The Bertz CT molecular complexity index is 1430. The van der Waals surface area contributed by atoms with Crippen molar-refractivity contribution in [3.8, 4) is 11.3 Å². The standard InChI is InChI=1S/C29H38N8O3/c1-17(2)5-10-25(38)36-23-12-21(11-22(30)13-23)24-15-34-28(35-18(3)4)29(40)37(24)16-26(39)33-14-19-6-8-20(9-7-19)27(31)32/h6-9,11-13,15,17-18H,5,10,14,16,30H2,1-4H3,(H3,31,32)(H,33,39)(H,34,35)(H,36,38). The summed E-state index contributed by atoms with van der Waals surface area (Å²) in [6.07, 6.45) is 2.64. The molecular weight excluding hydrogens is 508 g/mol. The summed E-state index contributed by atoms with van der Waals surface area (Å²) >= 11 is 0.